The maximum Gasteiger partial charge on any atom is 0.313 e. The second-order valence-corrected chi connectivity index (χ2v) is 2.82. The Morgan fingerprint density at radius 1 is 1.20 bits per heavy atom. The first-order valence-electron chi connectivity index (χ1n) is 4.87. The number of hydrogen-bond donors (Lipinski definition) is 1. The van der Waals surface area contributed by atoms with Crippen molar-refractivity contribution in [2.45, 2.75) is 46.5 Å². The van der Waals surface area contributed by atoms with Gasteiger partial charge in [-0.15, -0.1) is 0 Å². The van der Waals surface area contributed by atoms with Crippen LogP contribution in [0, 0.1) is 0 Å². The molecule has 0 heterocycles. The molecule has 0 fully saturated rings. The van der Waals surface area contributed by atoms with E-state index in [1.165, 1.54) is 6.92 Å². The van der Waals surface area contributed by atoms with Crippen LogP contribution in [0.15, 0.2) is 0 Å². The Morgan fingerprint density at radius 3 is 1.87 bits per heavy atom. The molecule has 0 amide bonds. The van der Waals surface area contributed by atoms with Gasteiger partial charge in [-0.2, -0.15) is 0 Å². The first kappa shape index (κ1) is 16.1. The minimum Gasteiger partial charge on any atom is -0.481 e. The fourth-order valence-corrected chi connectivity index (χ4v) is 0.560. The lowest BCUT2D eigenvalue weighted by atomic mass is 10.3. The van der Waals surface area contributed by atoms with Crippen LogP contribution in [0.3, 0.4) is 0 Å². The monoisotopic (exact) mass is 218 g/mol. The molecule has 0 unspecified atom stereocenters. The lowest BCUT2D eigenvalue weighted by Crippen LogP contribution is -2.06. The van der Waals surface area contributed by atoms with Crippen LogP contribution in [0.4, 0.5) is 0 Å². The second kappa shape index (κ2) is 10.7. The summed E-state index contributed by atoms with van der Waals surface area (Å²) in [5.74, 6) is -1.71. The number of hydrogen-bond acceptors (Lipinski definition) is 4. The van der Waals surface area contributed by atoms with Gasteiger partial charge >= 0.3 is 17.9 Å². The highest BCUT2D eigenvalue weighted by Gasteiger charge is 1.99. The number of carboxylic acid groups (broad SMARTS) is 1. The molecule has 5 nitrogen and oxygen atoms in total. The van der Waals surface area contributed by atoms with E-state index in [0.717, 1.165) is 12.8 Å². The normalized spacial score (nSPS) is 8.47. The molecule has 0 spiro atoms. The molecule has 0 bridgehead atoms. The molecule has 88 valence electrons. The Balaban J connectivity index is 0. The summed E-state index contributed by atoms with van der Waals surface area (Å²) >= 11 is 0. The number of aliphatic carboxylic acids is 1. The first-order chi connectivity index (χ1) is 6.93. The van der Waals surface area contributed by atoms with Crippen molar-refractivity contribution in [3.05, 3.63) is 0 Å². The quantitative estimate of drug-likeness (QED) is 0.574. The summed E-state index contributed by atoms with van der Waals surface area (Å²) in [4.78, 5) is 29.9. The van der Waals surface area contributed by atoms with Crippen LogP contribution in [-0.4, -0.2) is 23.0 Å². The fraction of sp³-hybridized carbons (Fsp3) is 0.700. The third-order valence-corrected chi connectivity index (χ3v) is 1.29. The third kappa shape index (κ3) is 19.1. The predicted octanol–water partition coefficient (Wildman–Crippen LogP) is 1.75. The molecule has 0 aromatic carbocycles. The van der Waals surface area contributed by atoms with Crippen molar-refractivity contribution < 1.29 is 24.2 Å². The zero-order chi connectivity index (χ0) is 12.3. The summed E-state index contributed by atoms with van der Waals surface area (Å²) in [5.41, 5.74) is 0. The average Bonchev–Trinajstić information content (AvgIpc) is 2.14. The van der Waals surface area contributed by atoms with Gasteiger partial charge < -0.3 is 9.84 Å². The molecule has 0 atom stereocenters. The Bertz CT molecular complexity index is 210. The van der Waals surface area contributed by atoms with Crippen molar-refractivity contribution in [3.63, 3.8) is 0 Å². The van der Waals surface area contributed by atoms with Gasteiger partial charge in [0, 0.05) is 19.8 Å². The van der Waals surface area contributed by atoms with Crippen LogP contribution in [0.25, 0.3) is 0 Å². The highest BCUT2D eigenvalue weighted by Crippen LogP contribution is 1.91. The predicted molar refractivity (Wildman–Crippen MR) is 54.2 cm³/mol. The molecule has 0 saturated carbocycles. The van der Waals surface area contributed by atoms with E-state index in [-0.39, 0.29) is 6.42 Å². The van der Waals surface area contributed by atoms with Crippen molar-refractivity contribution in [1.82, 2.24) is 0 Å². The molecule has 15 heavy (non-hydrogen) atoms. The van der Waals surface area contributed by atoms with Gasteiger partial charge in [-0.25, -0.2) is 0 Å². The Hall–Kier alpha value is -1.39. The smallest absolute Gasteiger partial charge is 0.313 e. The number of esters is 2. The molecule has 0 aromatic heterocycles. The maximum absolute atomic E-state index is 10.2. The summed E-state index contributed by atoms with van der Waals surface area (Å²) in [6.07, 6.45) is 2.33. The van der Waals surface area contributed by atoms with Crippen molar-refractivity contribution in [2.75, 3.05) is 0 Å². The van der Waals surface area contributed by atoms with E-state index in [0.29, 0.717) is 6.42 Å². The molecular weight excluding hydrogens is 200 g/mol. The zero-order valence-corrected chi connectivity index (χ0v) is 9.41. The molecule has 0 aliphatic heterocycles. The molecule has 0 aliphatic carbocycles. The van der Waals surface area contributed by atoms with Crippen LogP contribution < -0.4 is 0 Å². The van der Waals surface area contributed by atoms with Gasteiger partial charge in [0.25, 0.3) is 0 Å². The zero-order valence-electron chi connectivity index (χ0n) is 9.41. The van der Waals surface area contributed by atoms with Crippen molar-refractivity contribution in [1.29, 1.82) is 0 Å². The largest absolute Gasteiger partial charge is 0.481 e. The highest BCUT2D eigenvalue weighted by molar-refractivity contribution is 5.83. The SMILES string of the molecule is CCC(=O)OC(C)=O.CCCCC(=O)O. The van der Waals surface area contributed by atoms with Gasteiger partial charge in [-0.3, -0.25) is 14.4 Å². The first-order valence-corrected chi connectivity index (χ1v) is 4.87. The number of unbranched alkanes of at least 4 members (excludes halogenated alkanes) is 1. The third-order valence-electron chi connectivity index (χ3n) is 1.29. The Labute approximate surface area is 89.4 Å². The van der Waals surface area contributed by atoms with E-state index >= 15 is 0 Å². The van der Waals surface area contributed by atoms with Crippen LogP contribution in [0.5, 0.6) is 0 Å². The molecule has 0 aromatic rings. The van der Waals surface area contributed by atoms with E-state index < -0.39 is 17.9 Å². The fourth-order valence-electron chi connectivity index (χ4n) is 0.560. The van der Waals surface area contributed by atoms with Crippen molar-refractivity contribution >= 4 is 17.9 Å². The Morgan fingerprint density at radius 2 is 1.73 bits per heavy atom. The highest BCUT2D eigenvalue weighted by atomic mass is 16.6. The summed E-state index contributed by atoms with van der Waals surface area (Å²) in [5, 5.41) is 8.04. The van der Waals surface area contributed by atoms with E-state index in [2.05, 4.69) is 4.74 Å². The summed E-state index contributed by atoms with van der Waals surface area (Å²) in [6, 6.07) is 0. The molecule has 0 saturated heterocycles. The maximum atomic E-state index is 10.2. The number of carbonyl (C=O) groups excluding carboxylic acids is 2. The molecular formula is C10H18O5. The Kier molecular flexibility index (Phi) is 11.4. The van der Waals surface area contributed by atoms with E-state index in [1.54, 1.807) is 6.92 Å². The lowest BCUT2D eigenvalue weighted by molar-refractivity contribution is -0.157. The van der Waals surface area contributed by atoms with Crippen molar-refractivity contribution in [2.24, 2.45) is 0 Å². The van der Waals surface area contributed by atoms with E-state index in [4.69, 9.17) is 5.11 Å². The summed E-state index contributed by atoms with van der Waals surface area (Å²) < 4.78 is 4.12. The van der Waals surface area contributed by atoms with Gasteiger partial charge in [-0.05, 0) is 6.42 Å². The number of carbonyl (C=O) groups is 3. The molecule has 0 radical (unpaired) electrons. The molecule has 0 rings (SSSR count). The minimum atomic E-state index is -0.693. The summed E-state index contributed by atoms with van der Waals surface area (Å²) in [7, 11) is 0. The van der Waals surface area contributed by atoms with Crippen molar-refractivity contribution in [3.8, 4) is 0 Å². The van der Waals surface area contributed by atoms with Gasteiger partial charge in [0.1, 0.15) is 0 Å². The van der Waals surface area contributed by atoms with Crippen LogP contribution >= 0.6 is 0 Å². The second-order valence-electron chi connectivity index (χ2n) is 2.82. The molecule has 0 aliphatic rings. The molecule has 1 N–H and O–H groups in total. The van der Waals surface area contributed by atoms with Crippen LogP contribution in [0.1, 0.15) is 46.5 Å². The molecule has 5 heteroatoms. The van der Waals surface area contributed by atoms with Gasteiger partial charge in [0.2, 0.25) is 0 Å². The topological polar surface area (TPSA) is 80.7 Å². The average molecular weight is 218 g/mol. The standard InChI is InChI=1S/C5H8O3.C5H10O2/c1-3-5(7)8-4(2)6;1-2-3-4-5(6)7/h3H2,1-2H3;2-4H2,1H3,(H,6,7). The van der Waals surface area contributed by atoms with Crippen LogP contribution in [0.2, 0.25) is 0 Å². The number of rotatable bonds is 4. The number of ether oxygens (including phenoxy) is 1. The summed E-state index contributed by atoms with van der Waals surface area (Å²) in [6.45, 7) is 4.81. The van der Waals surface area contributed by atoms with Gasteiger partial charge in [-0.1, -0.05) is 20.3 Å². The van der Waals surface area contributed by atoms with Gasteiger partial charge in [0.05, 0.1) is 0 Å². The lowest BCUT2D eigenvalue weighted by Gasteiger charge is -1.92. The minimum absolute atomic E-state index is 0.250. The van der Waals surface area contributed by atoms with E-state index in [9.17, 15) is 14.4 Å². The van der Waals surface area contributed by atoms with Gasteiger partial charge in [0.15, 0.2) is 0 Å². The number of carboxylic acids is 1. The van der Waals surface area contributed by atoms with E-state index in [1.807, 2.05) is 6.92 Å². The van der Waals surface area contributed by atoms with Crippen LogP contribution in [-0.2, 0) is 19.1 Å².